The molecule has 0 aliphatic heterocycles. The summed E-state index contributed by atoms with van der Waals surface area (Å²) < 4.78 is 31.1. The van der Waals surface area contributed by atoms with Crippen LogP contribution in [0, 0.1) is 17.7 Å². The number of nitrogen functional groups attached to an aromatic ring is 1. The summed E-state index contributed by atoms with van der Waals surface area (Å²) in [6.07, 6.45) is 2.49. The van der Waals surface area contributed by atoms with Crippen LogP contribution in [-0.4, -0.2) is 37.7 Å². The van der Waals surface area contributed by atoms with E-state index in [2.05, 4.69) is 16.5 Å². The third-order valence-electron chi connectivity index (χ3n) is 4.27. The minimum Gasteiger partial charge on any atom is -0.396 e. The highest BCUT2D eigenvalue weighted by Crippen LogP contribution is 2.50. The second-order valence-electron chi connectivity index (χ2n) is 5.39. The van der Waals surface area contributed by atoms with Crippen molar-refractivity contribution in [1.82, 2.24) is 14.5 Å². The molecule has 1 fully saturated rings. The maximum absolute atomic E-state index is 14.1. The Morgan fingerprint density at radius 3 is 2.91 bits per heavy atom. The summed E-state index contributed by atoms with van der Waals surface area (Å²) in [6.45, 7) is 3.71. The average Bonchev–Trinajstić information content (AvgIpc) is 2.82. The van der Waals surface area contributed by atoms with Crippen LogP contribution in [0.2, 0.25) is 0 Å². The monoisotopic (exact) mass is 342 g/mol. The van der Waals surface area contributed by atoms with Crippen molar-refractivity contribution >= 4 is 25.1 Å². The molecule has 3 rings (SSSR count). The Bertz CT molecular complexity index is 796. The van der Waals surface area contributed by atoms with Gasteiger partial charge in [-0.15, -0.1) is 0 Å². The Morgan fingerprint density at radius 1 is 1.52 bits per heavy atom. The van der Waals surface area contributed by atoms with Gasteiger partial charge in [-0.3, -0.25) is 4.57 Å². The van der Waals surface area contributed by atoms with E-state index in [0.29, 0.717) is 11.2 Å². The van der Waals surface area contributed by atoms with Crippen LogP contribution >= 0.6 is 8.25 Å². The minimum absolute atomic E-state index is 0.0202. The van der Waals surface area contributed by atoms with E-state index < -0.39 is 20.1 Å². The van der Waals surface area contributed by atoms with Crippen molar-refractivity contribution in [3.8, 4) is 0 Å². The number of hydrogen-bond donors (Lipinski definition) is 3. The summed E-state index contributed by atoms with van der Waals surface area (Å²) in [7, 11) is -3.05. The van der Waals surface area contributed by atoms with Gasteiger partial charge >= 0.3 is 8.25 Å². The first kappa shape index (κ1) is 16.1. The molecule has 0 aromatic carbocycles. The van der Waals surface area contributed by atoms with Crippen LogP contribution in [0.4, 0.5) is 10.2 Å². The molecule has 8 nitrogen and oxygen atoms in total. The SMILES string of the molecule is C=C1[C@@H](n2cc(F)c3c(N)ncnc32)[C@H](CO)[C@H]1CO[PH](=O)O. The number of anilines is 1. The summed E-state index contributed by atoms with van der Waals surface area (Å²) in [6, 6.07) is -0.393. The molecule has 0 saturated heterocycles. The molecule has 4 N–H and O–H groups in total. The van der Waals surface area contributed by atoms with Gasteiger partial charge in [0.05, 0.1) is 18.0 Å². The van der Waals surface area contributed by atoms with Gasteiger partial charge in [0.2, 0.25) is 0 Å². The van der Waals surface area contributed by atoms with Gasteiger partial charge in [-0.25, -0.2) is 14.4 Å². The summed E-state index contributed by atoms with van der Waals surface area (Å²) >= 11 is 0. The van der Waals surface area contributed by atoms with Crippen molar-refractivity contribution in [2.24, 2.45) is 11.8 Å². The Balaban J connectivity index is 1.95. The molecular formula is C13H16FN4O4P. The maximum Gasteiger partial charge on any atom is 0.316 e. The molecule has 1 unspecified atom stereocenters. The van der Waals surface area contributed by atoms with Crippen LogP contribution in [0.5, 0.6) is 0 Å². The molecule has 0 radical (unpaired) electrons. The number of hydrogen-bond acceptors (Lipinski definition) is 6. The predicted octanol–water partition coefficient (Wildman–Crippen LogP) is 0.887. The van der Waals surface area contributed by atoms with E-state index >= 15 is 0 Å². The number of nitrogens with two attached hydrogens (primary N) is 1. The number of aliphatic hydroxyl groups is 1. The quantitative estimate of drug-likeness (QED) is 0.544. The number of aliphatic hydroxyl groups excluding tert-OH is 1. The molecule has 1 saturated carbocycles. The van der Waals surface area contributed by atoms with Gasteiger partial charge in [-0.2, -0.15) is 0 Å². The highest BCUT2D eigenvalue weighted by Gasteiger charge is 2.46. The molecule has 124 valence electrons. The molecule has 10 heteroatoms. The Morgan fingerprint density at radius 2 is 2.26 bits per heavy atom. The number of halogens is 1. The van der Waals surface area contributed by atoms with Crippen LogP contribution in [0.1, 0.15) is 6.04 Å². The number of rotatable bonds is 5. The zero-order valence-electron chi connectivity index (χ0n) is 12.0. The van der Waals surface area contributed by atoms with E-state index in [4.69, 9.17) is 15.2 Å². The molecule has 1 aliphatic rings. The summed E-state index contributed by atoms with van der Waals surface area (Å²) in [5, 5.41) is 9.73. The normalized spacial score (nSPS) is 25.5. The molecule has 2 aromatic rings. The van der Waals surface area contributed by atoms with E-state index in [9.17, 15) is 14.1 Å². The first-order valence-electron chi connectivity index (χ1n) is 6.87. The largest absolute Gasteiger partial charge is 0.396 e. The van der Waals surface area contributed by atoms with Crippen LogP contribution in [0.3, 0.4) is 0 Å². The Kier molecular flexibility index (Phi) is 4.20. The van der Waals surface area contributed by atoms with Crippen molar-refractivity contribution < 1.29 is 23.5 Å². The lowest BCUT2D eigenvalue weighted by molar-refractivity contribution is 0.0597. The third kappa shape index (κ3) is 2.55. The first-order valence-corrected chi connectivity index (χ1v) is 8.13. The number of aromatic nitrogens is 3. The van der Waals surface area contributed by atoms with Crippen molar-refractivity contribution in [2.75, 3.05) is 18.9 Å². The Labute approximate surface area is 131 Å². The van der Waals surface area contributed by atoms with Crippen molar-refractivity contribution in [2.45, 2.75) is 6.04 Å². The van der Waals surface area contributed by atoms with E-state index in [1.165, 1.54) is 12.5 Å². The van der Waals surface area contributed by atoms with Crippen molar-refractivity contribution in [3.63, 3.8) is 0 Å². The molecule has 23 heavy (non-hydrogen) atoms. The molecular weight excluding hydrogens is 326 g/mol. The zero-order chi connectivity index (χ0) is 16.7. The molecule has 4 atom stereocenters. The predicted molar refractivity (Wildman–Crippen MR) is 81.3 cm³/mol. The van der Waals surface area contributed by atoms with Crippen LogP contribution < -0.4 is 5.73 Å². The van der Waals surface area contributed by atoms with Gasteiger partial charge in [0.15, 0.2) is 5.82 Å². The van der Waals surface area contributed by atoms with Crippen LogP contribution in [0.25, 0.3) is 11.0 Å². The molecule has 0 amide bonds. The summed E-state index contributed by atoms with van der Waals surface area (Å²) in [4.78, 5) is 16.6. The lowest BCUT2D eigenvalue weighted by Crippen LogP contribution is -2.44. The fourth-order valence-corrected chi connectivity index (χ4v) is 3.47. The van der Waals surface area contributed by atoms with Gasteiger partial charge in [0.1, 0.15) is 17.8 Å². The van der Waals surface area contributed by atoms with E-state index in [1.807, 2.05) is 0 Å². The lowest BCUT2D eigenvalue weighted by atomic mass is 9.66. The van der Waals surface area contributed by atoms with Gasteiger partial charge in [-0.1, -0.05) is 6.58 Å². The smallest absolute Gasteiger partial charge is 0.316 e. The van der Waals surface area contributed by atoms with Gasteiger partial charge in [-0.05, 0) is 5.57 Å². The third-order valence-corrected chi connectivity index (χ3v) is 4.68. The second-order valence-corrected chi connectivity index (χ2v) is 6.21. The highest BCUT2D eigenvalue weighted by atomic mass is 31.1. The van der Waals surface area contributed by atoms with Crippen molar-refractivity contribution in [3.05, 3.63) is 30.5 Å². The van der Waals surface area contributed by atoms with E-state index in [1.54, 1.807) is 4.57 Å². The Hall–Kier alpha value is -1.80. The van der Waals surface area contributed by atoms with Gasteiger partial charge in [0.25, 0.3) is 0 Å². The maximum atomic E-state index is 14.1. The summed E-state index contributed by atoms with van der Waals surface area (Å²) in [5.74, 6) is -1.13. The lowest BCUT2D eigenvalue weighted by Gasteiger charge is -2.46. The van der Waals surface area contributed by atoms with E-state index in [-0.39, 0.29) is 36.3 Å². The average molecular weight is 342 g/mol. The fraction of sp³-hybridized carbons (Fsp3) is 0.385. The van der Waals surface area contributed by atoms with Crippen molar-refractivity contribution in [1.29, 1.82) is 0 Å². The van der Waals surface area contributed by atoms with Crippen LogP contribution in [-0.2, 0) is 9.09 Å². The molecule has 1 aliphatic carbocycles. The highest BCUT2D eigenvalue weighted by molar-refractivity contribution is 7.32. The first-order chi connectivity index (χ1) is 11.0. The summed E-state index contributed by atoms with van der Waals surface area (Å²) in [5.41, 5.74) is 6.67. The van der Waals surface area contributed by atoms with Gasteiger partial charge < -0.3 is 24.8 Å². The molecule has 0 bridgehead atoms. The number of fused-ring (bicyclic) bond motifs is 1. The fourth-order valence-electron chi connectivity index (χ4n) is 3.15. The standard InChI is InChI=1S/C13H16FN4O4P/c1-6-8(4-22-23(20)21)7(3-19)11(6)18-2-9(14)10-12(15)16-5-17-13(10)18/h2,5,7-8,11,19,23H,1,3-4H2,(H,20,21)(H2,15,16,17)/t7-,8+,11-/m1/s1. The zero-order valence-corrected chi connectivity index (χ0v) is 13.0. The van der Waals surface area contributed by atoms with E-state index in [0.717, 1.165) is 0 Å². The number of nitrogens with zero attached hydrogens (tertiary/aromatic N) is 3. The minimum atomic E-state index is -3.05. The topological polar surface area (TPSA) is 123 Å². The molecule has 2 heterocycles. The molecule has 2 aromatic heterocycles. The van der Waals surface area contributed by atoms with Gasteiger partial charge in [0, 0.05) is 24.6 Å². The molecule has 0 spiro atoms. The van der Waals surface area contributed by atoms with Crippen LogP contribution in [0.15, 0.2) is 24.7 Å². The second kappa shape index (κ2) is 6.01.